The summed E-state index contributed by atoms with van der Waals surface area (Å²) in [5, 5.41) is 14.1. The Bertz CT molecular complexity index is 494. The van der Waals surface area contributed by atoms with Crippen molar-refractivity contribution in [3.63, 3.8) is 0 Å². The van der Waals surface area contributed by atoms with E-state index < -0.39 is 4.92 Å². The molecular weight excluding hydrogens is 277 g/mol. The summed E-state index contributed by atoms with van der Waals surface area (Å²) in [6.45, 7) is 0.782. The molecule has 1 heterocycles. The van der Waals surface area contributed by atoms with Crippen molar-refractivity contribution >= 4 is 40.4 Å². The SMILES string of the molecule is O=[N+]([O-])c1cc(Cl)c(NC2=NCCCC2)c(Cl)c1. The first-order valence-electron chi connectivity index (χ1n) is 5.51. The zero-order chi connectivity index (χ0) is 13.1. The standard InChI is InChI=1S/C11H11Cl2N3O2/c12-8-5-7(16(17)18)6-9(13)11(8)15-10-3-1-2-4-14-10/h5-6H,1-4H2,(H,14,15). The van der Waals surface area contributed by atoms with Gasteiger partial charge in [0.2, 0.25) is 0 Å². The Kier molecular flexibility index (Phi) is 4.04. The van der Waals surface area contributed by atoms with E-state index in [1.165, 1.54) is 12.1 Å². The first-order valence-corrected chi connectivity index (χ1v) is 6.27. The minimum atomic E-state index is -0.528. The van der Waals surface area contributed by atoms with Crippen LogP contribution in [0.25, 0.3) is 0 Å². The lowest BCUT2D eigenvalue weighted by Gasteiger charge is -2.15. The van der Waals surface area contributed by atoms with Crippen LogP contribution >= 0.6 is 23.2 Å². The first-order chi connectivity index (χ1) is 8.58. The molecule has 1 aliphatic heterocycles. The summed E-state index contributed by atoms with van der Waals surface area (Å²) in [6.07, 6.45) is 2.98. The molecule has 0 spiro atoms. The highest BCUT2D eigenvalue weighted by atomic mass is 35.5. The molecule has 18 heavy (non-hydrogen) atoms. The van der Waals surface area contributed by atoms with Crippen molar-refractivity contribution < 1.29 is 4.92 Å². The lowest BCUT2D eigenvalue weighted by atomic mass is 10.1. The van der Waals surface area contributed by atoms with E-state index >= 15 is 0 Å². The second-order valence-corrected chi connectivity index (χ2v) is 4.77. The topological polar surface area (TPSA) is 67.5 Å². The van der Waals surface area contributed by atoms with Gasteiger partial charge in [-0.3, -0.25) is 15.1 Å². The molecule has 0 fully saturated rings. The molecule has 0 bridgehead atoms. The molecule has 1 aliphatic rings. The van der Waals surface area contributed by atoms with Crippen LogP contribution in [0, 0.1) is 10.1 Å². The molecule has 0 unspecified atom stereocenters. The summed E-state index contributed by atoms with van der Waals surface area (Å²) in [6, 6.07) is 2.55. The van der Waals surface area contributed by atoms with E-state index in [2.05, 4.69) is 10.3 Å². The second kappa shape index (κ2) is 5.54. The lowest BCUT2D eigenvalue weighted by Crippen LogP contribution is -2.16. The number of benzene rings is 1. The number of amidine groups is 1. The summed E-state index contributed by atoms with van der Waals surface area (Å²) >= 11 is 12.0. The fourth-order valence-corrected chi connectivity index (χ4v) is 2.30. The number of hydrogen-bond acceptors (Lipinski definition) is 4. The number of nitro benzene ring substituents is 1. The highest BCUT2D eigenvalue weighted by Crippen LogP contribution is 2.35. The van der Waals surface area contributed by atoms with Crippen molar-refractivity contribution in [1.29, 1.82) is 0 Å². The monoisotopic (exact) mass is 287 g/mol. The second-order valence-electron chi connectivity index (χ2n) is 3.95. The number of nitrogens with one attached hydrogen (secondary N) is 1. The van der Waals surface area contributed by atoms with Gasteiger partial charge >= 0.3 is 0 Å². The third-order valence-electron chi connectivity index (χ3n) is 2.63. The molecule has 0 saturated heterocycles. The highest BCUT2D eigenvalue weighted by molar-refractivity contribution is 6.40. The molecule has 1 N–H and O–H groups in total. The van der Waals surface area contributed by atoms with Crippen molar-refractivity contribution in [1.82, 2.24) is 0 Å². The predicted octanol–water partition coefficient (Wildman–Crippen LogP) is 3.90. The van der Waals surface area contributed by atoms with E-state index in [4.69, 9.17) is 23.2 Å². The highest BCUT2D eigenvalue weighted by Gasteiger charge is 2.16. The number of non-ortho nitro benzene ring substituents is 1. The molecular formula is C11H11Cl2N3O2. The van der Waals surface area contributed by atoms with Crippen LogP contribution in [0.1, 0.15) is 19.3 Å². The molecule has 5 nitrogen and oxygen atoms in total. The van der Waals surface area contributed by atoms with Crippen molar-refractivity contribution in [3.8, 4) is 0 Å². The first kappa shape index (κ1) is 13.1. The van der Waals surface area contributed by atoms with Crippen molar-refractivity contribution in [3.05, 3.63) is 32.3 Å². The minimum Gasteiger partial charge on any atom is -0.342 e. The largest absolute Gasteiger partial charge is 0.342 e. The fourth-order valence-electron chi connectivity index (χ4n) is 1.73. The maximum atomic E-state index is 10.7. The minimum absolute atomic E-state index is 0.124. The van der Waals surface area contributed by atoms with E-state index in [0.717, 1.165) is 31.6 Å². The molecule has 1 aromatic rings. The van der Waals surface area contributed by atoms with Crippen molar-refractivity contribution in [2.75, 3.05) is 11.9 Å². The maximum Gasteiger partial charge on any atom is 0.272 e. The molecule has 2 rings (SSSR count). The molecule has 7 heteroatoms. The average molecular weight is 288 g/mol. The van der Waals surface area contributed by atoms with Crippen molar-refractivity contribution in [2.45, 2.75) is 19.3 Å². The van der Waals surface area contributed by atoms with E-state index in [1.54, 1.807) is 0 Å². The number of nitrogens with zero attached hydrogens (tertiary/aromatic N) is 2. The number of rotatable bonds is 2. The van der Waals surface area contributed by atoms with Crippen LogP contribution < -0.4 is 5.32 Å². The van der Waals surface area contributed by atoms with E-state index in [-0.39, 0.29) is 15.7 Å². The third-order valence-corrected chi connectivity index (χ3v) is 3.23. The fraction of sp³-hybridized carbons (Fsp3) is 0.364. The van der Waals surface area contributed by atoms with Gasteiger partial charge in [0, 0.05) is 25.1 Å². The van der Waals surface area contributed by atoms with Gasteiger partial charge in [0.25, 0.3) is 5.69 Å². The number of anilines is 1. The Morgan fingerprint density at radius 1 is 1.28 bits per heavy atom. The van der Waals surface area contributed by atoms with Crippen LogP contribution in [0.4, 0.5) is 11.4 Å². The summed E-state index contributed by atoms with van der Waals surface area (Å²) in [7, 11) is 0. The molecule has 0 aromatic heterocycles. The Morgan fingerprint density at radius 3 is 2.44 bits per heavy atom. The van der Waals surface area contributed by atoms with Gasteiger partial charge in [0.1, 0.15) is 5.84 Å². The van der Waals surface area contributed by atoms with Crippen molar-refractivity contribution in [2.24, 2.45) is 4.99 Å². The van der Waals surface area contributed by atoms with E-state index in [0.29, 0.717) is 5.69 Å². The Morgan fingerprint density at radius 2 is 1.94 bits per heavy atom. The zero-order valence-corrected chi connectivity index (χ0v) is 11.0. The smallest absolute Gasteiger partial charge is 0.272 e. The van der Waals surface area contributed by atoms with Crippen LogP contribution in [0.2, 0.25) is 10.0 Å². The third kappa shape index (κ3) is 2.91. The average Bonchev–Trinajstić information content (AvgIpc) is 2.34. The quantitative estimate of drug-likeness (QED) is 0.663. The molecule has 0 radical (unpaired) electrons. The van der Waals surface area contributed by atoms with Crippen LogP contribution in [-0.4, -0.2) is 17.3 Å². The zero-order valence-electron chi connectivity index (χ0n) is 9.45. The number of aliphatic imine (C=N–C) groups is 1. The molecule has 0 amide bonds. The van der Waals surface area contributed by atoms with Gasteiger partial charge in [-0.2, -0.15) is 0 Å². The van der Waals surface area contributed by atoms with E-state index in [9.17, 15) is 10.1 Å². The molecule has 0 atom stereocenters. The molecule has 96 valence electrons. The van der Waals surface area contributed by atoms with Crippen LogP contribution in [0.5, 0.6) is 0 Å². The number of hydrogen-bond donors (Lipinski definition) is 1. The Hall–Kier alpha value is -1.33. The maximum absolute atomic E-state index is 10.7. The molecule has 0 saturated carbocycles. The number of halogens is 2. The van der Waals surface area contributed by atoms with Gasteiger partial charge in [-0.1, -0.05) is 23.2 Å². The summed E-state index contributed by atoms with van der Waals surface area (Å²) in [5.41, 5.74) is 0.353. The molecule has 1 aromatic carbocycles. The Balaban J connectivity index is 2.28. The van der Waals surface area contributed by atoms with Gasteiger partial charge in [-0.25, -0.2) is 0 Å². The normalized spacial score (nSPS) is 15.1. The summed E-state index contributed by atoms with van der Waals surface area (Å²) in [4.78, 5) is 14.4. The van der Waals surface area contributed by atoms with Crippen LogP contribution in [0.3, 0.4) is 0 Å². The van der Waals surface area contributed by atoms with Crippen LogP contribution in [0.15, 0.2) is 17.1 Å². The molecule has 0 aliphatic carbocycles. The summed E-state index contributed by atoms with van der Waals surface area (Å²) in [5.74, 6) is 0.818. The van der Waals surface area contributed by atoms with E-state index in [1.807, 2.05) is 0 Å². The van der Waals surface area contributed by atoms with Gasteiger partial charge in [-0.15, -0.1) is 0 Å². The van der Waals surface area contributed by atoms with Gasteiger partial charge in [0.05, 0.1) is 20.7 Å². The number of nitro groups is 1. The Labute approximate surface area is 114 Å². The van der Waals surface area contributed by atoms with Gasteiger partial charge in [-0.05, 0) is 12.8 Å². The van der Waals surface area contributed by atoms with Crippen LogP contribution in [-0.2, 0) is 0 Å². The van der Waals surface area contributed by atoms with Gasteiger partial charge < -0.3 is 5.32 Å². The predicted molar refractivity (Wildman–Crippen MR) is 72.9 cm³/mol. The van der Waals surface area contributed by atoms with Gasteiger partial charge in [0.15, 0.2) is 0 Å². The lowest BCUT2D eigenvalue weighted by molar-refractivity contribution is -0.384. The summed E-state index contributed by atoms with van der Waals surface area (Å²) < 4.78 is 0.